The Hall–Kier alpha value is -1.04. The molecule has 0 aliphatic carbocycles. The van der Waals surface area contributed by atoms with Crippen LogP contribution in [0.1, 0.15) is 41.5 Å². The molecule has 1 atom stereocenters. The lowest BCUT2D eigenvalue weighted by Gasteiger charge is -2.36. The fourth-order valence-corrected chi connectivity index (χ4v) is 3.13. The van der Waals surface area contributed by atoms with E-state index in [0.717, 1.165) is 25.2 Å². The zero-order valence-corrected chi connectivity index (χ0v) is 15.8. The monoisotopic (exact) mass is 331 g/mol. The van der Waals surface area contributed by atoms with Crippen LogP contribution in [0, 0.1) is 5.92 Å². The minimum absolute atomic E-state index is 0.294. The number of anilines is 1. The van der Waals surface area contributed by atoms with Crippen LogP contribution in [0.25, 0.3) is 0 Å². The fraction of sp³-hybridized carbons (Fsp3) is 0.684. The van der Waals surface area contributed by atoms with E-state index >= 15 is 0 Å². The summed E-state index contributed by atoms with van der Waals surface area (Å²) in [5, 5.41) is 0. The Balaban J connectivity index is 1.70. The van der Waals surface area contributed by atoms with Gasteiger partial charge in [-0.05, 0) is 51.2 Å². The summed E-state index contributed by atoms with van der Waals surface area (Å²) in [4.78, 5) is 2.40. The van der Waals surface area contributed by atoms with E-state index in [1.54, 1.807) is 0 Å². The standard InChI is InChI=1S/C19H30BNO3/c1-14(2)17-13-21(11-12-22-17)16-9-7-15(8-10-16)20-23-18(3,4)19(5,6)24-20/h7-10,14,17H,11-13H2,1-6H3/t17-/m0/s1. The zero-order valence-electron chi connectivity index (χ0n) is 15.8. The molecule has 1 aromatic carbocycles. The summed E-state index contributed by atoms with van der Waals surface area (Å²) in [5.41, 5.74) is 1.71. The molecule has 3 rings (SSSR count). The van der Waals surface area contributed by atoms with Crippen LogP contribution in [0.2, 0.25) is 0 Å². The van der Waals surface area contributed by atoms with Crippen molar-refractivity contribution in [3.63, 3.8) is 0 Å². The first-order valence-electron chi connectivity index (χ1n) is 9.02. The maximum absolute atomic E-state index is 6.13. The Bertz CT molecular complexity index is 554. The molecule has 0 unspecified atom stereocenters. The number of morpholine rings is 1. The van der Waals surface area contributed by atoms with Crippen molar-refractivity contribution in [3.8, 4) is 0 Å². The minimum Gasteiger partial charge on any atom is -0.399 e. The van der Waals surface area contributed by atoms with E-state index in [1.807, 2.05) is 0 Å². The van der Waals surface area contributed by atoms with Crippen molar-refractivity contribution in [1.82, 2.24) is 0 Å². The first kappa shape index (κ1) is 17.8. The number of benzene rings is 1. The van der Waals surface area contributed by atoms with E-state index in [-0.39, 0.29) is 18.3 Å². The van der Waals surface area contributed by atoms with E-state index in [0.29, 0.717) is 12.0 Å². The summed E-state index contributed by atoms with van der Waals surface area (Å²) in [6, 6.07) is 8.58. The molecule has 5 heteroatoms. The van der Waals surface area contributed by atoms with Crippen LogP contribution in [0.5, 0.6) is 0 Å². The third kappa shape index (κ3) is 3.35. The molecule has 2 aliphatic heterocycles. The molecular weight excluding hydrogens is 301 g/mol. The highest BCUT2D eigenvalue weighted by Gasteiger charge is 2.51. The number of hydrogen-bond acceptors (Lipinski definition) is 4. The van der Waals surface area contributed by atoms with Crippen LogP contribution in [-0.4, -0.2) is 44.1 Å². The molecule has 4 nitrogen and oxygen atoms in total. The second-order valence-corrected chi connectivity index (χ2v) is 8.28. The Morgan fingerprint density at radius 1 is 1.04 bits per heavy atom. The molecule has 0 N–H and O–H groups in total. The van der Waals surface area contributed by atoms with Crippen molar-refractivity contribution in [1.29, 1.82) is 0 Å². The smallest absolute Gasteiger partial charge is 0.399 e. The van der Waals surface area contributed by atoms with Gasteiger partial charge >= 0.3 is 7.12 Å². The molecule has 24 heavy (non-hydrogen) atoms. The molecule has 0 radical (unpaired) electrons. The zero-order chi connectivity index (χ0) is 17.5. The molecular formula is C19H30BNO3. The summed E-state index contributed by atoms with van der Waals surface area (Å²) < 4.78 is 18.1. The third-order valence-electron chi connectivity index (χ3n) is 5.62. The summed E-state index contributed by atoms with van der Waals surface area (Å²) in [5.74, 6) is 0.539. The lowest BCUT2D eigenvalue weighted by atomic mass is 9.79. The molecule has 0 aromatic heterocycles. The summed E-state index contributed by atoms with van der Waals surface area (Å²) in [6.45, 7) is 15.5. The Labute approximate surface area is 146 Å². The van der Waals surface area contributed by atoms with Crippen molar-refractivity contribution in [2.75, 3.05) is 24.6 Å². The van der Waals surface area contributed by atoms with Gasteiger partial charge in [0.25, 0.3) is 0 Å². The van der Waals surface area contributed by atoms with Gasteiger partial charge in [0.05, 0.1) is 23.9 Å². The molecule has 2 aliphatic rings. The Kier molecular flexibility index (Phi) is 4.71. The van der Waals surface area contributed by atoms with Crippen LogP contribution in [0.3, 0.4) is 0 Å². The van der Waals surface area contributed by atoms with Crippen LogP contribution < -0.4 is 10.4 Å². The van der Waals surface area contributed by atoms with Gasteiger partial charge in [-0.15, -0.1) is 0 Å². The van der Waals surface area contributed by atoms with E-state index in [1.165, 1.54) is 5.69 Å². The van der Waals surface area contributed by atoms with Gasteiger partial charge in [0, 0.05) is 18.8 Å². The lowest BCUT2D eigenvalue weighted by Crippen LogP contribution is -2.45. The van der Waals surface area contributed by atoms with Gasteiger partial charge in [-0.3, -0.25) is 0 Å². The number of hydrogen-bond donors (Lipinski definition) is 0. The Morgan fingerprint density at radius 3 is 2.17 bits per heavy atom. The van der Waals surface area contributed by atoms with Gasteiger partial charge in [-0.25, -0.2) is 0 Å². The molecule has 0 amide bonds. The number of ether oxygens (including phenoxy) is 1. The number of nitrogens with zero attached hydrogens (tertiary/aromatic N) is 1. The summed E-state index contributed by atoms with van der Waals surface area (Å²) in [7, 11) is -0.294. The molecule has 2 heterocycles. The van der Waals surface area contributed by atoms with Crippen LogP contribution >= 0.6 is 0 Å². The van der Waals surface area contributed by atoms with Gasteiger partial charge in [0.2, 0.25) is 0 Å². The maximum atomic E-state index is 6.13. The van der Waals surface area contributed by atoms with Gasteiger partial charge in [-0.2, -0.15) is 0 Å². The fourth-order valence-electron chi connectivity index (χ4n) is 3.13. The molecule has 2 saturated heterocycles. The molecule has 132 valence electrons. The van der Waals surface area contributed by atoms with Crippen LogP contribution in [0.4, 0.5) is 5.69 Å². The largest absolute Gasteiger partial charge is 0.494 e. The quantitative estimate of drug-likeness (QED) is 0.797. The van der Waals surface area contributed by atoms with Crippen LogP contribution in [0.15, 0.2) is 24.3 Å². The summed E-state index contributed by atoms with van der Waals surface area (Å²) in [6.07, 6.45) is 0.307. The van der Waals surface area contributed by atoms with Gasteiger partial charge < -0.3 is 18.9 Å². The second kappa shape index (κ2) is 6.36. The minimum atomic E-state index is -0.301. The molecule has 1 aromatic rings. The van der Waals surface area contributed by atoms with E-state index in [2.05, 4.69) is 70.7 Å². The average Bonchev–Trinajstić information content (AvgIpc) is 2.76. The topological polar surface area (TPSA) is 30.9 Å². The maximum Gasteiger partial charge on any atom is 0.494 e. The highest BCUT2D eigenvalue weighted by Crippen LogP contribution is 2.36. The summed E-state index contributed by atoms with van der Waals surface area (Å²) >= 11 is 0. The van der Waals surface area contributed by atoms with Gasteiger partial charge in [0.15, 0.2) is 0 Å². The van der Waals surface area contributed by atoms with Crippen molar-refractivity contribution in [2.45, 2.75) is 58.8 Å². The van der Waals surface area contributed by atoms with Crippen molar-refractivity contribution < 1.29 is 14.0 Å². The van der Waals surface area contributed by atoms with E-state index in [9.17, 15) is 0 Å². The van der Waals surface area contributed by atoms with E-state index in [4.69, 9.17) is 14.0 Å². The normalized spacial score (nSPS) is 26.2. The van der Waals surface area contributed by atoms with Crippen molar-refractivity contribution >= 4 is 18.3 Å². The predicted molar refractivity (Wildman–Crippen MR) is 98.9 cm³/mol. The highest BCUT2D eigenvalue weighted by molar-refractivity contribution is 6.62. The SMILES string of the molecule is CC(C)[C@@H]1CN(c2ccc(B3OC(C)(C)C(C)(C)O3)cc2)CCO1. The molecule has 0 bridgehead atoms. The molecule has 0 spiro atoms. The van der Waals surface area contributed by atoms with Gasteiger partial charge in [-0.1, -0.05) is 26.0 Å². The van der Waals surface area contributed by atoms with Crippen molar-refractivity contribution in [3.05, 3.63) is 24.3 Å². The first-order valence-corrected chi connectivity index (χ1v) is 9.02. The average molecular weight is 331 g/mol. The second-order valence-electron chi connectivity index (χ2n) is 8.28. The lowest BCUT2D eigenvalue weighted by molar-refractivity contribution is 0.00578. The Morgan fingerprint density at radius 2 is 1.62 bits per heavy atom. The number of rotatable bonds is 3. The van der Waals surface area contributed by atoms with E-state index < -0.39 is 0 Å². The first-order chi connectivity index (χ1) is 11.2. The highest BCUT2D eigenvalue weighted by atomic mass is 16.7. The van der Waals surface area contributed by atoms with Crippen LogP contribution in [-0.2, 0) is 14.0 Å². The van der Waals surface area contributed by atoms with Crippen molar-refractivity contribution in [2.24, 2.45) is 5.92 Å². The molecule has 2 fully saturated rings. The molecule has 0 saturated carbocycles. The third-order valence-corrected chi connectivity index (χ3v) is 5.62. The predicted octanol–water partition coefficient (Wildman–Crippen LogP) is 2.85. The van der Waals surface area contributed by atoms with Gasteiger partial charge in [0.1, 0.15) is 0 Å².